The molecule has 216 valence electrons. The van der Waals surface area contributed by atoms with Gasteiger partial charge in [0.2, 0.25) is 17.7 Å². The molecule has 0 saturated carbocycles. The number of hydrogen-bond donors (Lipinski definition) is 1. The molecule has 5 heterocycles. The first kappa shape index (κ1) is 28.3. The summed E-state index contributed by atoms with van der Waals surface area (Å²) in [6, 6.07) is -1.51. The number of aliphatic hydroxyl groups is 1. The third-order valence-electron chi connectivity index (χ3n) is 9.80. The highest BCUT2D eigenvalue weighted by Crippen LogP contribution is 2.59. The van der Waals surface area contributed by atoms with Crippen LogP contribution in [0.5, 0.6) is 0 Å². The number of rotatable bonds is 8. The normalized spacial score (nSPS) is 36.5. The van der Waals surface area contributed by atoms with Gasteiger partial charge in [0.05, 0.1) is 43.3 Å². The van der Waals surface area contributed by atoms with Gasteiger partial charge in [-0.1, -0.05) is 51.5 Å². The Morgan fingerprint density at radius 3 is 2.38 bits per heavy atom. The molecule has 1 spiro atoms. The maximum Gasteiger partial charge on any atom is 0.249 e. The highest BCUT2D eigenvalue weighted by molar-refractivity contribution is 6.00. The summed E-state index contributed by atoms with van der Waals surface area (Å²) in [6.45, 7) is 10.8. The van der Waals surface area contributed by atoms with Crippen molar-refractivity contribution >= 4 is 17.7 Å². The zero-order valence-corrected chi connectivity index (χ0v) is 23.8. The van der Waals surface area contributed by atoms with Gasteiger partial charge in [-0.2, -0.15) is 0 Å². The Labute approximate surface area is 231 Å². The topological polar surface area (TPSA) is 103 Å². The minimum absolute atomic E-state index is 0.0417. The molecule has 0 bridgehead atoms. The molecule has 3 saturated heterocycles. The Morgan fingerprint density at radius 2 is 1.72 bits per heavy atom. The fourth-order valence-corrected chi connectivity index (χ4v) is 7.33. The first-order valence-corrected chi connectivity index (χ1v) is 14.6. The van der Waals surface area contributed by atoms with Crippen molar-refractivity contribution in [2.45, 2.75) is 56.9 Å². The van der Waals surface area contributed by atoms with Crippen molar-refractivity contribution in [3.63, 3.8) is 0 Å². The van der Waals surface area contributed by atoms with Crippen LogP contribution in [-0.4, -0.2) is 132 Å². The van der Waals surface area contributed by atoms with Crippen LogP contribution in [0.3, 0.4) is 0 Å². The van der Waals surface area contributed by atoms with Crippen LogP contribution in [0.25, 0.3) is 0 Å². The highest BCUT2D eigenvalue weighted by Gasteiger charge is 2.75. The second-order valence-corrected chi connectivity index (χ2v) is 11.8. The lowest BCUT2D eigenvalue weighted by Gasteiger charge is -2.42. The maximum absolute atomic E-state index is 14.5. The van der Waals surface area contributed by atoms with Crippen molar-refractivity contribution in [2.75, 3.05) is 66.1 Å². The maximum atomic E-state index is 14.5. The number of carbonyl (C=O) groups is 3. The summed E-state index contributed by atoms with van der Waals surface area (Å²) in [5, 5.41) is 10.5. The summed E-state index contributed by atoms with van der Waals surface area (Å²) in [7, 11) is 1.75. The van der Waals surface area contributed by atoms with Gasteiger partial charge < -0.3 is 29.3 Å². The van der Waals surface area contributed by atoms with Crippen molar-refractivity contribution in [3.8, 4) is 0 Å². The standard InChI is InChI=1S/C29H44N4O6/c1-5-20(3)21(19-34)33-24-27(37)32(14-13-31-15-17-38-18-16-31)12-8-10-29(24)23(26(33)36)22-25(35)30(4)11-7-9-28(22,6-2)39-29/h7-10,20-24,34H,5-6,11-19H2,1-4H3/t20-,21-,22+,23-,24?,28-,29-/m0/s1. The van der Waals surface area contributed by atoms with Crippen LogP contribution in [0.4, 0.5) is 0 Å². The summed E-state index contributed by atoms with van der Waals surface area (Å²) in [4.78, 5) is 50.2. The van der Waals surface area contributed by atoms with Crippen molar-refractivity contribution in [3.05, 3.63) is 24.3 Å². The number of hydrogen-bond acceptors (Lipinski definition) is 7. The molecule has 0 radical (unpaired) electrons. The number of nitrogens with zero attached hydrogens (tertiary/aromatic N) is 4. The summed E-state index contributed by atoms with van der Waals surface area (Å²) in [6.07, 6.45) is 8.94. The molecule has 7 atom stereocenters. The molecule has 5 rings (SSSR count). The second-order valence-electron chi connectivity index (χ2n) is 11.8. The third-order valence-corrected chi connectivity index (χ3v) is 9.80. The molecule has 5 aliphatic rings. The first-order chi connectivity index (χ1) is 18.7. The molecule has 3 amide bonds. The van der Waals surface area contributed by atoms with Gasteiger partial charge in [-0.05, 0) is 12.3 Å². The fourth-order valence-electron chi connectivity index (χ4n) is 7.33. The number of carbonyl (C=O) groups excluding carboxylic acids is 3. The van der Waals surface area contributed by atoms with Crippen LogP contribution < -0.4 is 0 Å². The van der Waals surface area contributed by atoms with E-state index in [4.69, 9.17) is 9.47 Å². The Balaban J connectivity index is 1.58. The predicted octanol–water partition coefficient (Wildman–Crippen LogP) is 0.513. The SMILES string of the molecule is CC[C@H](C)[C@H](CO)N1C(=O)[C@@H]2[C@@H]3C(=O)N(C)CC=C[C@]3(CC)O[C@@]23C=CCN(CCN2CCOCC2)C(=O)C13. The minimum Gasteiger partial charge on any atom is -0.394 e. The van der Waals surface area contributed by atoms with Crippen LogP contribution in [0.1, 0.15) is 33.6 Å². The molecule has 0 aromatic rings. The van der Waals surface area contributed by atoms with Crippen LogP contribution in [0.15, 0.2) is 24.3 Å². The van der Waals surface area contributed by atoms with Crippen LogP contribution in [0, 0.1) is 17.8 Å². The number of fused-ring (bicyclic) bond motifs is 2. The van der Waals surface area contributed by atoms with Crippen LogP contribution in [0.2, 0.25) is 0 Å². The lowest BCUT2D eigenvalue weighted by atomic mass is 9.73. The van der Waals surface area contributed by atoms with Gasteiger partial charge in [-0.3, -0.25) is 19.3 Å². The van der Waals surface area contributed by atoms with Crippen molar-refractivity contribution < 1.29 is 29.0 Å². The molecule has 0 aromatic carbocycles. The molecule has 1 unspecified atom stereocenters. The van der Waals surface area contributed by atoms with Gasteiger partial charge in [0.1, 0.15) is 11.6 Å². The summed E-state index contributed by atoms with van der Waals surface area (Å²) < 4.78 is 12.4. The van der Waals surface area contributed by atoms with Crippen molar-refractivity contribution in [1.29, 1.82) is 0 Å². The molecule has 5 aliphatic heterocycles. The highest BCUT2D eigenvalue weighted by atomic mass is 16.5. The van der Waals surface area contributed by atoms with Gasteiger partial charge in [-0.15, -0.1) is 0 Å². The molecular weight excluding hydrogens is 500 g/mol. The second kappa shape index (κ2) is 11.0. The smallest absolute Gasteiger partial charge is 0.249 e. The molecular formula is C29H44N4O6. The van der Waals surface area contributed by atoms with Gasteiger partial charge in [0.25, 0.3) is 0 Å². The number of aliphatic hydroxyl groups excluding tert-OH is 1. The van der Waals surface area contributed by atoms with Gasteiger partial charge >= 0.3 is 0 Å². The van der Waals surface area contributed by atoms with Crippen LogP contribution in [-0.2, 0) is 23.9 Å². The fraction of sp³-hybridized carbons (Fsp3) is 0.759. The average molecular weight is 545 g/mol. The first-order valence-electron chi connectivity index (χ1n) is 14.6. The van der Waals surface area contributed by atoms with E-state index in [0.717, 1.165) is 19.5 Å². The monoisotopic (exact) mass is 544 g/mol. The van der Waals surface area contributed by atoms with E-state index >= 15 is 0 Å². The van der Waals surface area contributed by atoms with Gasteiger partial charge in [0.15, 0.2) is 0 Å². The summed E-state index contributed by atoms with van der Waals surface area (Å²) in [5.74, 6) is -2.24. The van der Waals surface area contributed by atoms with E-state index in [2.05, 4.69) is 4.90 Å². The third kappa shape index (κ3) is 4.44. The summed E-state index contributed by atoms with van der Waals surface area (Å²) >= 11 is 0. The number of ether oxygens (including phenoxy) is 2. The Bertz CT molecular complexity index is 1030. The van der Waals surface area contributed by atoms with E-state index in [1.807, 2.05) is 45.1 Å². The van der Waals surface area contributed by atoms with Crippen molar-refractivity contribution in [2.24, 2.45) is 17.8 Å². The Kier molecular flexibility index (Phi) is 7.94. The number of likely N-dealkylation sites (N-methyl/N-ethyl adjacent to an activating group) is 1. The van der Waals surface area contributed by atoms with Gasteiger partial charge in [0, 0.05) is 46.3 Å². The molecule has 1 N–H and O–H groups in total. The molecule has 39 heavy (non-hydrogen) atoms. The van der Waals surface area contributed by atoms with Crippen LogP contribution >= 0.6 is 0 Å². The number of likely N-dealkylation sites (tertiary alicyclic amines) is 1. The zero-order chi connectivity index (χ0) is 27.9. The lowest BCUT2D eigenvalue weighted by Crippen LogP contribution is -2.60. The lowest BCUT2D eigenvalue weighted by molar-refractivity contribution is -0.158. The quantitative estimate of drug-likeness (QED) is 0.445. The van der Waals surface area contributed by atoms with E-state index in [1.165, 1.54) is 0 Å². The predicted molar refractivity (Wildman–Crippen MR) is 145 cm³/mol. The molecule has 10 heteroatoms. The molecule has 0 aliphatic carbocycles. The van der Waals surface area contributed by atoms with E-state index in [0.29, 0.717) is 45.8 Å². The van der Waals surface area contributed by atoms with E-state index in [1.54, 1.807) is 21.7 Å². The van der Waals surface area contributed by atoms with E-state index in [9.17, 15) is 19.5 Å². The van der Waals surface area contributed by atoms with E-state index in [-0.39, 0.29) is 30.2 Å². The Hall–Kier alpha value is -2.27. The largest absolute Gasteiger partial charge is 0.394 e. The minimum atomic E-state index is -1.29. The summed E-state index contributed by atoms with van der Waals surface area (Å²) in [5.41, 5.74) is -2.27. The molecule has 10 nitrogen and oxygen atoms in total. The molecule has 3 fully saturated rings. The van der Waals surface area contributed by atoms with Crippen molar-refractivity contribution in [1.82, 2.24) is 19.6 Å². The van der Waals surface area contributed by atoms with E-state index < -0.39 is 35.1 Å². The average Bonchev–Trinajstić information content (AvgIpc) is 3.25. The zero-order valence-electron chi connectivity index (χ0n) is 23.8. The number of amides is 3. The molecule has 0 aromatic heterocycles. The Morgan fingerprint density at radius 1 is 1.00 bits per heavy atom. The van der Waals surface area contributed by atoms with Gasteiger partial charge in [-0.25, -0.2) is 0 Å². The number of morpholine rings is 1.